The highest BCUT2D eigenvalue weighted by molar-refractivity contribution is 9.10. The van der Waals surface area contributed by atoms with Gasteiger partial charge in [0.2, 0.25) is 0 Å². The van der Waals surface area contributed by atoms with Crippen molar-refractivity contribution in [2.45, 2.75) is 33.2 Å². The number of halogens is 1. The molecule has 3 heteroatoms. The third kappa shape index (κ3) is 3.19. The van der Waals surface area contributed by atoms with E-state index in [0.717, 1.165) is 4.47 Å². The van der Waals surface area contributed by atoms with Crippen molar-refractivity contribution in [3.63, 3.8) is 0 Å². The molecule has 0 aliphatic carbocycles. The van der Waals surface area contributed by atoms with E-state index < -0.39 is 0 Å². The molecule has 1 aliphatic rings. The van der Waals surface area contributed by atoms with Gasteiger partial charge in [0.25, 0.3) is 0 Å². The van der Waals surface area contributed by atoms with Crippen molar-refractivity contribution in [3.8, 4) is 0 Å². The van der Waals surface area contributed by atoms with Gasteiger partial charge in [0.05, 0.1) is 0 Å². The first-order valence-corrected chi connectivity index (χ1v) is 8.04. The van der Waals surface area contributed by atoms with E-state index in [9.17, 15) is 0 Å². The van der Waals surface area contributed by atoms with Crippen LogP contribution < -0.4 is 5.32 Å². The Morgan fingerprint density at radius 2 is 2.18 bits per heavy atom. The lowest BCUT2D eigenvalue weighted by molar-refractivity contribution is 0.305. The Hall–Kier alpha value is -0.150. The van der Waals surface area contributed by atoms with Gasteiger partial charge in [0.15, 0.2) is 0 Å². The molecule has 0 radical (unpaired) electrons. The van der Waals surface area contributed by atoms with Crippen molar-refractivity contribution in [1.82, 2.24) is 0 Å². The van der Waals surface area contributed by atoms with E-state index in [1.165, 1.54) is 29.2 Å². The predicted octanol–water partition coefficient (Wildman–Crippen LogP) is 4.70. The maximum atomic E-state index is 3.72. The van der Waals surface area contributed by atoms with E-state index in [1.807, 2.05) is 0 Å². The highest BCUT2D eigenvalue weighted by atomic mass is 79.9. The highest BCUT2D eigenvalue weighted by Gasteiger charge is 2.32. The van der Waals surface area contributed by atoms with Crippen molar-refractivity contribution in [2.24, 2.45) is 5.41 Å². The maximum Gasteiger partial charge on any atom is 0.0403 e. The van der Waals surface area contributed by atoms with Crippen LogP contribution in [0.3, 0.4) is 0 Å². The first-order valence-electron chi connectivity index (χ1n) is 6.09. The predicted molar refractivity (Wildman–Crippen MR) is 82.0 cm³/mol. The number of hydrogen-bond acceptors (Lipinski definition) is 2. The average Bonchev–Trinajstić information content (AvgIpc) is 2.24. The Morgan fingerprint density at radius 1 is 1.41 bits per heavy atom. The van der Waals surface area contributed by atoms with E-state index in [2.05, 4.69) is 72.0 Å². The molecule has 1 saturated heterocycles. The van der Waals surface area contributed by atoms with Crippen LogP contribution in [0, 0.1) is 12.3 Å². The number of anilines is 1. The van der Waals surface area contributed by atoms with Crippen LogP contribution in [-0.4, -0.2) is 17.5 Å². The largest absolute Gasteiger partial charge is 0.381 e. The molecular weight excluding hydrogens is 294 g/mol. The normalized spacial score (nSPS) is 23.4. The zero-order valence-electron chi connectivity index (χ0n) is 10.7. The molecule has 1 N–H and O–H groups in total. The lowest BCUT2D eigenvalue weighted by atomic mass is 9.82. The molecule has 1 heterocycles. The van der Waals surface area contributed by atoms with Crippen molar-refractivity contribution in [1.29, 1.82) is 0 Å². The van der Waals surface area contributed by atoms with E-state index in [1.54, 1.807) is 0 Å². The van der Waals surface area contributed by atoms with Gasteiger partial charge in [-0.25, -0.2) is 0 Å². The minimum absolute atomic E-state index is 0.394. The number of nitrogens with one attached hydrogen (secondary N) is 1. The Morgan fingerprint density at radius 3 is 2.82 bits per heavy atom. The van der Waals surface area contributed by atoms with E-state index in [-0.39, 0.29) is 0 Å². The van der Waals surface area contributed by atoms with Gasteiger partial charge in [-0.1, -0.05) is 29.8 Å². The molecule has 94 valence electrons. The second kappa shape index (κ2) is 5.23. The van der Waals surface area contributed by atoms with E-state index in [4.69, 9.17) is 0 Å². The van der Waals surface area contributed by atoms with Crippen LogP contribution in [0.4, 0.5) is 5.69 Å². The topological polar surface area (TPSA) is 12.0 Å². The number of hydrogen-bond donors (Lipinski definition) is 1. The molecule has 1 aromatic carbocycles. The van der Waals surface area contributed by atoms with Crippen LogP contribution in [-0.2, 0) is 0 Å². The summed E-state index contributed by atoms with van der Waals surface area (Å²) in [6.07, 6.45) is 1.30. The third-order valence-electron chi connectivity index (χ3n) is 3.64. The SMILES string of the molecule is Cc1cc(Br)ccc1NC1CSCCC1(C)C. The Bertz CT molecular complexity index is 403. The molecule has 1 aliphatic heterocycles. The summed E-state index contributed by atoms with van der Waals surface area (Å²) in [4.78, 5) is 0. The van der Waals surface area contributed by atoms with Crippen molar-refractivity contribution < 1.29 is 0 Å². The van der Waals surface area contributed by atoms with Crippen LogP contribution in [0.15, 0.2) is 22.7 Å². The van der Waals surface area contributed by atoms with Crippen molar-refractivity contribution >= 4 is 33.4 Å². The molecule has 1 unspecified atom stereocenters. The summed E-state index contributed by atoms with van der Waals surface area (Å²) in [5.74, 6) is 2.51. The Balaban J connectivity index is 2.14. The van der Waals surface area contributed by atoms with Gasteiger partial charge < -0.3 is 5.32 Å². The van der Waals surface area contributed by atoms with Gasteiger partial charge in [0.1, 0.15) is 0 Å². The van der Waals surface area contributed by atoms with Gasteiger partial charge in [-0.15, -0.1) is 0 Å². The fourth-order valence-corrected chi connectivity index (χ4v) is 4.23. The molecule has 1 nitrogen and oxygen atoms in total. The smallest absolute Gasteiger partial charge is 0.0403 e. The summed E-state index contributed by atoms with van der Waals surface area (Å²) in [6, 6.07) is 7.03. The van der Waals surface area contributed by atoms with Crippen molar-refractivity contribution in [2.75, 3.05) is 16.8 Å². The van der Waals surface area contributed by atoms with E-state index in [0.29, 0.717) is 11.5 Å². The second-order valence-corrected chi connectivity index (χ2v) is 7.54. The molecule has 1 fully saturated rings. The van der Waals surface area contributed by atoms with Crippen LogP contribution >= 0.6 is 27.7 Å². The molecule has 1 aromatic rings. The average molecular weight is 314 g/mol. The minimum Gasteiger partial charge on any atom is -0.381 e. The van der Waals surface area contributed by atoms with Crippen LogP contribution in [0.25, 0.3) is 0 Å². The molecule has 17 heavy (non-hydrogen) atoms. The molecule has 0 spiro atoms. The Kier molecular flexibility index (Phi) is 4.09. The fourth-order valence-electron chi connectivity index (χ4n) is 2.15. The summed E-state index contributed by atoms with van der Waals surface area (Å²) in [5, 5.41) is 3.72. The van der Waals surface area contributed by atoms with Crippen LogP contribution in [0.5, 0.6) is 0 Å². The minimum atomic E-state index is 0.394. The maximum absolute atomic E-state index is 3.72. The van der Waals surface area contributed by atoms with Gasteiger partial charge >= 0.3 is 0 Å². The number of aryl methyl sites for hydroxylation is 1. The van der Waals surface area contributed by atoms with E-state index >= 15 is 0 Å². The molecule has 0 saturated carbocycles. The van der Waals surface area contributed by atoms with Crippen LogP contribution in [0.2, 0.25) is 0 Å². The summed E-state index contributed by atoms with van der Waals surface area (Å²) >= 11 is 5.57. The molecular formula is C14H20BrNS. The summed E-state index contributed by atoms with van der Waals surface area (Å²) in [7, 11) is 0. The third-order valence-corrected chi connectivity index (χ3v) is 5.19. The zero-order chi connectivity index (χ0) is 12.5. The standard InChI is InChI=1S/C14H20BrNS/c1-10-8-11(15)4-5-12(10)16-13-9-17-7-6-14(13,2)3/h4-5,8,13,16H,6-7,9H2,1-3H3. The summed E-state index contributed by atoms with van der Waals surface area (Å²) < 4.78 is 1.15. The highest BCUT2D eigenvalue weighted by Crippen LogP contribution is 2.36. The number of thioether (sulfide) groups is 1. The molecule has 0 aromatic heterocycles. The molecule has 2 rings (SSSR count). The lowest BCUT2D eigenvalue weighted by Gasteiger charge is -2.39. The first-order chi connectivity index (χ1) is 7.99. The van der Waals surface area contributed by atoms with Gasteiger partial charge in [-0.2, -0.15) is 11.8 Å². The Labute approximate surface area is 117 Å². The second-order valence-electron chi connectivity index (χ2n) is 5.47. The zero-order valence-corrected chi connectivity index (χ0v) is 13.1. The molecule has 0 bridgehead atoms. The number of benzene rings is 1. The summed E-state index contributed by atoms with van der Waals surface area (Å²) in [5.41, 5.74) is 2.98. The fraction of sp³-hybridized carbons (Fsp3) is 0.571. The molecule has 1 atom stereocenters. The quantitative estimate of drug-likeness (QED) is 0.849. The molecule has 0 amide bonds. The summed E-state index contributed by atoms with van der Waals surface area (Å²) in [6.45, 7) is 6.91. The van der Waals surface area contributed by atoms with Gasteiger partial charge in [-0.3, -0.25) is 0 Å². The first kappa shape index (κ1) is 13.3. The van der Waals surface area contributed by atoms with Gasteiger partial charge in [-0.05, 0) is 48.3 Å². The van der Waals surface area contributed by atoms with Crippen molar-refractivity contribution in [3.05, 3.63) is 28.2 Å². The lowest BCUT2D eigenvalue weighted by Crippen LogP contribution is -2.41. The monoisotopic (exact) mass is 313 g/mol. The van der Waals surface area contributed by atoms with Crippen LogP contribution in [0.1, 0.15) is 25.8 Å². The number of rotatable bonds is 2. The van der Waals surface area contributed by atoms with Gasteiger partial charge in [0, 0.05) is 22.0 Å².